The minimum atomic E-state index is -1.07. The molecule has 0 aliphatic rings. The fourth-order valence-electron chi connectivity index (χ4n) is 6.98. The highest BCUT2D eigenvalue weighted by molar-refractivity contribution is 5.85. The molecular formula is C44H73ClN2O6. The average molecular weight is 762 g/mol. The van der Waals surface area contributed by atoms with E-state index in [1.807, 2.05) is 37.3 Å². The van der Waals surface area contributed by atoms with Crippen molar-refractivity contribution in [1.82, 2.24) is 5.32 Å². The quantitative estimate of drug-likeness (QED) is 0.0536. The van der Waals surface area contributed by atoms with Crippen LogP contribution in [-0.2, 0) is 27.2 Å². The van der Waals surface area contributed by atoms with Gasteiger partial charge >= 0.3 is 5.97 Å². The Hall–Kier alpha value is -2.81. The van der Waals surface area contributed by atoms with Crippen molar-refractivity contribution in [1.29, 1.82) is 0 Å². The number of nitrogens with one attached hydrogen (secondary N) is 1. The summed E-state index contributed by atoms with van der Waals surface area (Å²) in [5.74, 6) is 1.00. The number of hydrogen-bond donors (Lipinski definition) is 3. The van der Waals surface area contributed by atoms with E-state index in [2.05, 4.69) is 44.3 Å². The Labute approximate surface area is 328 Å². The van der Waals surface area contributed by atoms with Gasteiger partial charge in [-0.05, 0) is 86.8 Å². The Morgan fingerprint density at radius 3 is 1.72 bits per heavy atom. The molecule has 1 amide bonds. The van der Waals surface area contributed by atoms with Gasteiger partial charge in [0.15, 0.2) is 0 Å². The molecule has 8 nitrogen and oxygen atoms in total. The molecule has 4 N–H and O–H groups in total. The predicted molar refractivity (Wildman–Crippen MR) is 220 cm³/mol. The number of amides is 1. The summed E-state index contributed by atoms with van der Waals surface area (Å²) in [5.41, 5.74) is 7.35. The van der Waals surface area contributed by atoms with Crippen LogP contribution in [-0.4, -0.2) is 54.0 Å². The zero-order valence-corrected chi connectivity index (χ0v) is 34.5. The van der Waals surface area contributed by atoms with Crippen LogP contribution in [0.15, 0.2) is 48.5 Å². The number of carbonyl (C=O) groups is 2. The SMILES string of the molecule is CCCCCCCOc1cccc(CCC(CCC)(COC(=O)CC(O)C(N)(CCC)CCc2cccc(OCCCCCCC)c2)NC(C)=O)c1.Cl. The third kappa shape index (κ3) is 19.9. The molecule has 0 radical (unpaired) electrons. The van der Waals surface area contributed by atoms with Gasteiger partial charge in [0.05, 0.1) is 31.3 Å². The molecule has 0 fully saturated rings. The third-order valence-corrected chi connectivity index (χ3v) is 10.0. The van der Waals surface area contributed by atoms with Gasteiger partial charge in [-0.3, -0.25) is 9.59 Å². The summed E-state index contributed by atoms with van der Waals surface area (Å²) in [7, 11) is 0. The number of aryl methyl sites for hydroxylation is 2. The summed E-state index contributed by atoms with van der Waals surface area (Å²) < 4.78 is 17.9. The van der Waals surface area contributed by atoms with Gasteiger partial charge in [0.25, 0.3) is 0 Å². The first-order chi connectivity index (χ1) is 25.1. The van der Waals surface area contributed by atoms with Crippen LogP contribution in [0.25, 0.3) is 0 Å². The molecule has 0 aliphatic carbocycles. The molecule has 0 saturated heterocycles. The molecule has 0 heterocycles. The number of nitrogens with two attached hydrogens (primary N) is 1. The molecule has 0 bridgehead atoms. The van der Waals surface area contributed by atoms with Crippen molar-refractivity contribution in [3.05, 3.63) is 59.7 Å². The maximum atomic E-state index is 13.3. The molecule has 9 heteroatoms. The molecule has 2 aromatic carbocycles. The standard InChI is InChI=1S/C44H72N2O6.ClH/c1-6-10-12-14-16-30-50-39-22-18-20-37(32-39)24-28-43(26-8-3,46-36(5)47)35-52-42(49)34-41(48)44(45,27-9-4)29-25-38-21-19-23-40(33-38)51-31-17-15-13-11-7-2;/h18-23,32-33,41,48H,6-17,24-31,34-35,45H2,1-5H3,(H,46,47);1H. The van der Waals surface area contributed by atoms with Crippen LogP contribution in [0.5, 0.6) is 11.5 Å². The van der Waals surface area contributed by atoms with E-state index in [0.717, 1.165) is 48.3 Å². The first kappa shape index (κ1) is 48.2. The lowest BCUT2D eigenvalue weighted by Gasteiger charge is -2.36. The van der Waals surface area contributed by atoms with Crippen LogP contribution < -0.4 is 20.5 Å². The summed E-state index contributed by atoms with van der Waals surface area (Å²) in [4.78, 5) is 25.7. The van der Waals surface area contributed by atoms with E-state index in [1.54, 1.807) is 0 Å². The number of aliphatic hydroxyl groups excluding tert-OH is 1. The van der Waals surface area contributed by atoms with Gasteiger partial charge in [-0.1, -0.05) is 116 Å². The lowest BCUT2D eigenvalue weighted by molar-refractivity contribution is -0.150. The fourth-order valence-corrected chi connectivity index (χ4v) is 6.98. The number of rotatable bonds is 30. The zero-order chi connectivity index (χ0) is 38.1. The van der Waals surface area contributed by atoms with Crippen LogP contribution in [0.4, 0.5) is 0 Å². The van der Waals surface area contributed by atoms with Gasteiger partial charge in [-0.15, -0.1) is 12.4 Å². The molecule has 3 atom stereocenters. The molecule has 0 aromatic heterocycles. The summed E-state index contributed by atoms with van der Waals surface area (Å²) in [6, 6.07) is 16.2. The number of hydrogen-bond acceptors (Lipinski definition) is 7. The van der Waals surface area contributed by atoms with Crippen LogP contribution >= 0.6 is 12.4 Å². The first-order valence-corrected chi connectivity index (χ1v) is 20.4. The Morgan fingerprint density at radius 1 is 0.717 bits per heavy atom. The Bertz CT molecular complexity index is 1280. The van der Waals surface area contributed by atoms with Crippen molar-refractivity contribution < 1.29 is 28.9 Å². The van der Waals surface area contributed by atoms with Crippen LogP contribution in [0, 0.1) is 0 Å². The highest BCUT2D eigenvalue weighted by Gasteiger charge is 2.36. The summed E-state index contributed by atoms with van der Waals surface area (Å²) in [6.07, 6.45) is 15.9. The van der Waals surface area contributed by atoms with E-state index < -0.39 is 23.2 Å². The lowest BCUT2D eigenvalue weighted by Crippen LogP contribution is -2.53. The highest BCUT2D eigenvalue weighted by atomic mass is 35.5. The normalized spacial score (nSPS) is 13.9. The molecule has 0 aliphatic heterocycles. The Kier molecular flexibility index (Phi) is 25.2. The monoisotopic (exact) mass is 761 g/mol. The average Bonchev–Trinajstić information content (AvgIpc) is 3.12. The van der Waals surface area contributed by atoms with Crippen molar-refractivity contribution in [2.75, 3.05) is 19.8 Å². The number of benzene rings is 2. The van der Waals surface area contributed by atoms with Gasteiger partial charge in [0.2, 0.25) is 5.91 Å². The first-order valence-electron chi connectivity index (χ1n) is 20.4. The lowest BCUT2D eigenvalue weighted by atomic mass is 9.81. The van der Waals surface area contributed by atoms with Gasteiger partial charge in [0.1, 0.15) is 18.1 Å². The van der Waals surface area contributed by atoms with E-state index in [9.17, 15) is 14.7 Å². The molecule has 2 rings (SSSR count). The highest BCUT2D eigenvalue weighted by Crippen LogP contribution is 2.27. The smallest absolute Gasteiger partial charge is 0.308 e. The Balaban J connectivity index is 0.0000140. The number of ether oxygens (including phenoxy) is 3. The summed E-state index contributed by atoms with van der Waals surface area (Å²) in [6.45, 7) is 11.4. The van der Waals surface area contributed by atoms with Gasteiger partial charge in [0, 0.05) is 12.5 Å². The largest absolute Gasteiger partial charge is 0.494 e. The zero-order valence-electron chi connectivity index (χ0n) is 33.7. The van der Waals surface area contributed by atoms with Crippen LogP contribution in [0.2, 0.25) is 0 Å². The van der Waals surface area contributed by atoms with Gasteiger partial charge < -0.3 is 30.4 Å². The van der Waals surface area contributed by atoms with E-state index in [0.29, 0.717) is 51.7 Å². The number of halogens is 1. The maximum Gasteiger partial charge on any atom is 0.308 e. The van der Waals surface area contributed by atoms with Crippen molar-refractivity contribution in [3.8, 4) is 11.5 Å². The minimum absolute atomic E-state index is 0. The van der Waals surface area contributed by atoms with Crippen LogP contribution in [0.1, 0.15) is 155 Å². The van der Waals surface area contributed by atoms with E-state index in [1.165, 1.54) is 58.3 Å². The second-order valence-electron chi connectivity index (χ2n) is 14.9. The number of unbranched alkanes of at least 4 members (excludes halogenated alkanes) is 8. The predicted octanol–water partition coefficient (Wildman–Crippen LogP) is 9.84. The molecule has 0 saturated carbocycles. The second kappa shape index (κ2) is 27.7. The van der Waals surface area contributed by atoms with E-state index in [4.69, 9.17) is 19.9 Å². The van der Waals surface area contributed by atoms with Crippen LogP contribution in [0.3, 0.4) is 0 Å². The molecule has 0 spiro atoms. The summed E-state index contributed by atoms with van der Waals surface area (Å²) >= 11 is 0. The summed E-state index contributed by atoms with van der Waals surface area (Å²) in [5, 5.41) is 14.5. The van der Waals surface area contributed by atoms with E-state index >= 15 is 0 Å². The molecular weight excluding hydrogens is 688 g/mol. The Morgan fingerprint density at radius 2 is 1.23 bits per heavy atom. The molecule has 302 valence electrons. The molecule has 2 aromatic rings. The maximum absolute atomic E-state index is 13.3. The van der Waals surface area contributed by atoms with Gasteiger partial charge in [-0.2, -0.15) is 0 Å². The van der Waals surface area contributed by atoms with Gasteiger partial charge in [-0.25, -0.2) is 0 Å². The molecule has 53 heavy (non-hydrogen) atoms. The van der Waals surface area contributed by atoms with Crippen molar-refractivity contribution in [2.45, 2.75) is 174 Å². The van der Waals surface area contributed by atoms with E-state index in [-0.39, 0.29) is 31.3 Å². The van der Waals surface area contributed by atoms with Crippen molar-refractivity contribution >= 4 is 24.3 Å². The second-order valence-corrected chi connectivity index (χ2v) is 14.9. The third-order valence-electron chi connectivity index (χ3n) is 10.0. The van der Waals surface area contributed by atoms with Crippen molar-refractivity contribution in [2.24, 2.45) is 5.73 Å². The van der Waals surface area contributed by atoms with Crippen molar-refractivity contribution in [3.63, 3.8) is 0 Å². The fraction of sp³-hybridized carbons (Fsp3) is 0.682. The number of carbonyl (C=O) groups excluding carboxylic acids is 2. The topological polar surface area (TPSA) is 120 Å². The minimum Gasteiger partial charge on any atom is -0.494 e. The number of esters is 1. The molecule has 3 unspecified atom stereocenters. The number of aliphatic hydroxyl groups is 1.